The van der Waals surface area contributed by atoms with Gasteiger partial charge in [0.05, 0.1) is 16.9 Å². The lowest BCUT2D eigenvalue weighted by atomic mass is 10.2. The molecule has 0 spiro atoms. The Hall–Kier alpha value is -1.78. The summed E-state index contributed by atoms with van der Waals surface area (Å²) in [6, 6.07) is 9.55. The fourth-order valence-corrected chi connectivity index (χ4v) is 2.09. The third-order valence-electron chi connectivity index (χ3n) is 2.77. The fraction of sp³-hybridized carbons (Fsp3) is 0.143. The number of hydrogen-bond donors (Lipinski definition) is 0. The van der Waals surface area contributed by atoms with E-state index in [0.717, 1.165) is 11.1 Å². The minimum absolute atomic E-state index is 0.0213. The van der Waals surface area contributed by atoms with Gasteiger partial charge >= 0.3 is 0 Å². The topological polar surface area (TPSA) is 52.4 Å². The van der Waals surface area contributed by atoms with Gasteiger partial charge in [-0.25, -0.2) is 0 Å². The van der Waals surface area contributed by atoms with Crippen molar-refractivity contribution < 1.29 is 9.66 Å². The number of hydrogen-bond acceptors (Lipinski definition) is 3. The van der Waals surface area contributed by atoms with Crippen LogP contribution in [0.25, 0.3) is 0 Å². The molecule has 0 saturated heterocycles. The average Bonchev–Trinajstić information content (AvgIpc) is 2.42. The minimum atomic E-state index is -0.462. The fourth-order valence-electron chi connectivity index (χ4n) is 1.68. The summed E-state index contributed by atoms with van der Waals surface area (Å²) < 4.78 is 5.73. The highest BCUT2D eigenvalue weighted by molar-refractivity contribution is 6.30. The Bertz CT molecular complexity index is 659. The van der Waals surface area contributed by atoms with Crippen LogP contribution in [0, 0.1) is 17.0 Å². The van der Waals surface area contributed by atoms with Crippen LogP contribution in [0.1, 0.15) is 11.1 Å². The molecule has 0 aliphatic carbocycles. The van der Waals surface area contributed by atoms with Gasteiger partial charge in [0.1, 0.15) is 11.5 Å². The second kappa shape index (κ2) is 6.11. The van der Waals surface area contributed by atoms with Gasteiger partial charge in [0.15, 0.2) is 0 Å². The molecule has 6 heteroatoms. The maximum atomic E-state index is 10.8. The first-order valence-electron chi connectivity index (χ1n) is 5.78. The summed E-state index contributed by atoms with van der Waals surface area (Å²) in [5.74, 6) is 1.20. The average molecular weight is 312 g/mol. The van der Waals surface area contributed by atoms with Crippen LogP contribution in [0.5, 0.6) is 11.5 Å². The zero-order valence-corrected chi connectivity index (χ0v) is 12.1. The van der Waals surface area contributed by atoms with Crippen molar-refractivity contribution in [3.63, 3.8) is 0 Å². The lowest BCUT2D eigenvalue weighted by Crippen LogP contribution is -1.94. The van der Waals surface area contributed by atoms with E-state index >= 15 is 0 Å². The molecule has 0 radical (unpaired) electrons. The molecule has 2 aromatic rings. The SMILES string of the molecule is Cc1ccc([N+](=O)[O-])cc1Oc1ccc(Cl)cc1CCl. The predicted octanol–water partition coefficient (Wildman–Crippen LogP) is 5.09. The van der Waals surface area contributed by atoms with E-state index < -0.39 is 4.92 Å². The number of halogens is 2. The van der Waals surface area contributed by atoms with Crippen LogP contribution in [-0.4, -0.2) is 4.92 Å². The maximum Gasteiger partial charge on any atom is 0.273 e. The van der Waals surface area contributed by atoms with Crippen molar-refractivity contribution in [1.82, 2.24) is 0 Å². The molecular weight excluding hydrogens is 301 g/mol. The number of rotatable bonds is 4. The zero-order valence-electron chi connectivity index (χ0n) is 10.6. The summed E-state index contributed by atoms with van der Waals surface area (Å²) in [7, 11) is 0. The summed E-state index contributed by atoms with van der Waals surface area (Å²) in [5.41, 5.74) is 1.50. The molecule has 20 heavy (non-hydrogen) atoms. The number of nitro benzene ring substituents is 1. The van der Waals surface area contributed by atoms with Gasteiger partial charge < -0.3 is 4.74 Å². The number of nitro groups is 1. The van der Waals surface area contributed by atoms with Gasteiger partial charge in [-0.1, -0.05) is 11.6 Å². The normalized spacial score (nSPS) is 10.3. The van der Waals surface area contributed by atoms with Gasteiger partial charge in [-0.05, 0) is 36.8 Å². The molecule has 0 N–H and O–H groups in total. The first-order chi connectivity index (χ1) is 9.51. The van der Waals surface area contributed by atoms with E-state index in [1.165, 1.54) is 12.1 Å². The summed E-state index contributed by atoms with van der Waals surface area (Å²) >= 11 is 11.7. The highest BCUT2D eigenvalue weighted by Crippen LogP contribution is 2.32. The summed E-state index contributed by atoms with van der Waals surface area (Å²) in [4.78, 5) is 10.3. The van der Waals surface area contributed by atoms with E-state index in [0.29, 0.717) is 16.5 Å². The number of ether oxygens (including phenoxy) is 1. The quantitative estimate of drug-likeness (QED) is 0.449. The Morgan fingerprint density at radius 3 is 2.60 bits per heavy atom. The molecule has 2 rings (SSSR count). The van der Waals surface area contributed by atoms with Crippen LogP contribution in [0.15, 0.2) is 36.4 Å². The van der Waals surface area contributed by atoms with Gasteiger partial charge in [0.25, 0.3) is 5.69 Å². The van der Waals surface area contributed by atoms with E-state index in [-0.39, 0.29) is 11.6 Å². The van der Waals surface area contributed by atoms with Crippen molar-refractivity contribution >= 4 is 28.9 Å². The molecule has 0 heterocycles. The second-order valence-electron chi connectivity index (χ2n) is 4.19. The molecule has 0 atom stereocenters. The van der Waals surface area contributed by atoms with E-state index in [2.05, 4.69) is 0 Å². The van der Waals surface area contributed by atoms with E-state index in [4.69, 9.17) is 27.9 Å². The summed E-state index contributed by atoms with van der Waals surface area (Å²) in [5, 5.41) is 11.4. The van der Waals surface area contributed by atoms with Crippen LogP contribution in [0.4, 0.5) is 5.69 Å². The molecule has 104 valence electrons. The van der Waals surface area contributed by atoms with Crippen molar-refractivity contribution in [2.45, 2.75) is 12.8 Å². The summed E-state index contributed by atoms with van der Waals surface area (Å²) in [6.07, 6.45) is 0. The maximum absolute atomic E-state index is 10.8. The molecule has 2 aromatic carbocycles. The Morgan fingerprint density at radius 2 is 1.95 bits per heavy atom. The molecule has 0 aliphatic rings. The molecule has 0 bridgehead atoms. The Balaban J connectivity index is 2.39. The number of nitrogens with zero attached hydrogens (tertiary/aromatic N) is 1. The standard InChI is InChI=1S/C14H11Cl2NO3/c1-9-2-4-12(17(18)19)7-14(9)20-13-5-3-11(16)6-10(13)8-15/h2-7H,8H2,1H3. The van der Waals surface area contributed by atoms with Gasteiger partial charge in [-0.15, -0.1) is 11.6 Å². The second-order valence-corrected chi connectivity index (χ2v) is 4.90. The van der Waals surface area contributed by atoms with Crippen LogP contribution >= 0.6 is 23.2 Å². The van der Waals surface area contributed by atoms with Crippen molar-refractivity contribution in [2.75, 3.05) is 0 Å². The van der Waals surface area contributed by atoms with E-state index in [1.807, 2.05) is 6.92 Å². The highest BCUT2D eigenvalue weighted by atomic mass is 35.5. The van der Waals surface area contributed by atoms with Crippen LogP contribution < -0.4 is 4.74 Å². The van der Waals surface area contributed by atoms with E-state index in [9.17, 15) is 10.1 Å². The lowest BCUT2D eigenvalue weighted by Gasteiger charge is -2.11. The van der Waals surface area contributed by atoms with Crippen LogP contribution in [0.2, 0.25) is 5.02 Å². The van der Waals surface area contributed by atoms with Gasteiger partial charge in [0, 0.05) is 16.7 Å². The Morgan fingerprint density at radius 1 is 1.20 bits per heavy atom. The molecule has 0 unspecified atom stereocenters. The van der Waals surface area contributed by atoms with Crippen molar-refractivity contribution in [3.05, 3.63) is 62.7 Å². The molecule has 0 amide bonds. The molecule has 0 fully saturated rings. The van der Waals surface area contributed by atoms with Crippen molar-refractivity contribution in [3.8, 4) is 11.5 Å². The smallest absolute Gasteiger partial charge is 0.273 e. The van der Waals surface area contributed by atoms with Gasteiger partial charge in [0.2, 0.25) is 0 Å². The number of non-ortho nitro benzene ring substituents is 1. The zero-order chi connectivity index (χ0) is 14.7. The van der Waals surface area contributed by atoms with Crippen molar-refractivity contribution in [1.29, 1.82) is 0 Å². The first-order valence-corrected chi connectivity index (χ1v) is 6.70. The number of benzene rings is 2. The number of aryl methyl sites for hydroxylation is 1. The summed E-state index contributed by atoms with van der Waals surface area (Å²) in [6.45, 7) is 1.81. The monoisotopic (exact) mass is 311 g/mol. The van der Waals surface area contributed by atoms with Gasteiger partial charge in [-0.3, -0.25) is 10.1 Å². The molecule has 4 nitrogen and oxygen atoms in total. The first kappa shape index (κ1) is 14.6. The number of alkyl halides is 1. The largest absolute Gasteiger partial charge is 0.456 e. The Labute approximate surface area is 126 Å². The Kier molecular flexibility index (Phi) is 4.47. The predicted molar refractivity (Wildman–Crippen MR) is 78.9 cm³/mol. The minimum Gasteiger partial charge on any atom is -0.456 e. The highest BCUT2D eigenvalue weighted by Gasteiger charge is 2.12. The molecule has 0 aromatic heterocycles. The van der Waals surface area contributed by atoms with Crippen LogP contribution in [-0.2, 0) is 5.88 Å². The third-order valence-corrected chi connectivity index (χ3v) is 3.29. The molecular formula is C14H11Cl2NO3. The third kappa shape index (κ3) is 3.21. The van der Waals surface area contributed by atoms with E-state index in [1.54, 1.807) is 24.3 Å². The van der Waals surface area contributed by atoms with Crippen LogP contribution in [0.3, 0.4) is 0 Å². The molecule has 0 saturated carbocycles. The molecule has 0 aliphatic heterocycles. The lowest BCUT2D eigenvalue weighted by molar-refractivity contribution is -0.384. The van der Waals surface area contributed by atoms with Gasteiger partial charge in [-0.2, -0.15) is 0 Å². The van der Waals surface area contributed by atoms with Crippen molar-refractivity contribution in [2.24, 2.45) is 0 Å².